The number of aryl methyl sites for hydroxylation is 1. The summed E-state index contributed by atoms with van der Waals surface area (Å²) in [4.78, 5) is 11.3. The minimum atomic E-state index is 0.702. The predicted octanol–water partition coefficient (Wildman–Crippen LogP) is 2.60. The average molecular weight is 234 g/mol. The van der Waals surface area contributed by atoms with Crippen molar-refractivity contribution in [2.45, 2.75) is 46.1 Å². The maximum atomic E-state index is 4.55. The molecule has 1 saturated carbocycles. The minimum Gasteiger partial charge on any atom is -0.370 e. The molecule has 0 amide bonds. The number of aromatic nitrogens is 2. The van der Waals surface area contributed by atoms with Crippen molar-refractivity contribution in [2.24, 2.45) is 0 Å². The smallest absolute Gasteiger partial charge is 0.134 e. The van der Waals surface area contributed by atoms with Crippen LogP contribution < -0.4 is 10.2 Å². The van der Waals surface area contributed by atoms with Crippen LogP contribution in [-0.4, -0.2) is 29.1 Å². The van der Waals surface area contributed by atoms with Gasteiger partial charge in [0.05, 0.1) is 0 Å². The van der Waals surface area contributed by atoms with Gasteiger partial charge < -0.3 is 10.2 Å². The summed E-state index contributed by atoms with van der Waals surface area (Å²) in [6.07, 6.45) is 3.71. The molecule has 1 aromatic rings. The van der Waals surface area contributed by atoms with E-state index in [0.717, 1.165) is 37.0 Å². The van der Waals surface area contributed by atoms with Crippen LogP contribution in [0.4, 0.5) is 11.6 Å². The fourth-order valence-electron chi connectivity index (χ4n) is 2.04. The molecule has 0 aliphatic heterocycles. The molecule has 0 bridgehead atoms. The Balaban J connectivity index is 2.17. The van der Waals surface area contributed by atoms with Gasteiger partial charge in [0.25, 0.3) is 0 Å². The van der Waals surface area contributed by atoms with Crippen LogP contribution in [0.15, 0.2) is 6.07 Å². The molecule has 0 saturated heterocycles. The van der Waals surface area contributed by atoms with Gasteiger partial charge >= 0.3 is 0 Å². The Morgan fingerprint density at radius 1 is 1.35 bits per heavy atom. The second-order valence-corrected chi connectivity index (χ2v) is 4.60. The maximum absolute atomic E-state index is 4.55. The zero-order chi connectivity index (χ0) is 12.3. The summed E-state index contributed by atoms with van der Waals surface area (Å²) in [5.74, 6) is 2.87. The molecule has 0 aromatic carbocycles. The summed E-state index contributed by atoms with van der Waals surface area (Å²) in [7, 11) is 0. The third-order valence-corrected chi connectivity index (χ3v) is 3.00. The highest BCUT2D eigenvalue weighted by molar-refractivity contribution is 5.50. The molecular formula is C13H22N4. The summed E-state index contributed by atoms with van der Waals surface area (Å²) in [6.45, 7) is 8.29. The molecule has 2 rings (SSSR count). The molecule has 0 unspecified atom stereocenters. The van der Waals surface area contributed by atoms with Crippen molar-refractivity contribution >= 4 is 11.6 Å². The molecule has 1 aliphatic rings. The van der Waals surface area contributed by atoms with Crippen molar-refractivity contribution in [1.82, 2.24) is 9.97 Å². The van der Waals surface area contributed by atoms with Gasteiger partial charge in [-0.3, -0.25) is 0 Å². The summed E-state index contributed by atoms with van der Waals surface area (Å²) in [5.41, 5.74) is 0. The highest BCUT2D eigenvalue weighted by Crippen LogP contribution is 2.31. The summed E-state index contributed by atoms with van der Waals surface area (Å²) < 4.78 is 0. The Kier molecular flexibility index (Phi) is 3.82. The van der Waals surface area contributed by atoms with E-state index in [4.69, 9.17) is 0 Å². The van der Waals surface area contributed by atoms with E-state index in [2.05, 4.69) is 40.1 Å². The number of anilines is 2. The summed E-state index contributed by atoms with van der Waals surface area (Å²) in [6, 6.07) is 2.78. The van der Waals surface area contributed by atoms with Gasteiger partial charge in [0.2, 0.25) is 0 Å². The molecule has 1 heterocycles. The van der Waals surface area contributed by atoms with Gasteiger partial charge in [-0.05, 0) is 33.1 Å². The molecule has 4 nitrogen and oxygen atoms in total. The van der Waals surface area contributed by atoms with E-state index in [1.807, 2.05) is 6.92 Å². The largest absolute Gasteiger partial charge is 0.370 e. The van der Waals surface area contributed by atoms with E-state index in [9.17, 15) is 0 Å². The van der Waals surface area contributed by atoms with Crippen LogP contribution >= 0.6 is 0 Å². The zero-order valence-electron chi connectivity index (χ0n) is 11.0. The van der Waals surface area contributed by atoms with Gasteiger partial charge in [0.1, 0.15) is 17.5 Å². The first-order valence-electron chi connectivity index (χ1n) is 6.60. The fourth-order valence-corrected chi connectivity index (χ4v) is 2.04. The first-order valence-corrected chi connectivity index (χ1v) is 6.60. The Hall–Kier alpha value is -1.32. The molecule has 0 radical (unpaired) electrons. The highest BCUT2D eigenvalue weighted by Gasteiger charge is 2.29. The van der Waals surface area contributed by atoms with Crippen LogP contribution in [0.3, 0.4) is 0 Å². The Morgan fingerprint density at radius 2 is 2.12 bits per heavy atom. The lowest BCUT2D eigenvalue weighted by atomic mass is 10.4. The molecule has 4 heteroatoms. The van der Waals surface area contributed by atoms with Gasteiger partial charge in [-0.15, -0.1) is 0 Å². The van der Waals surface area contributed by atoms with E-state index in [-0.39, 0.29) is 0 Å². The molecular weight excluding hydrogens is 212 g/mol. The van der Waals surface area contributed by atoms with E-state index < -0.39 is 0 Å². The fraction of sp³-hybridized carbons (Fsp3) is 0.692. The van der Waals surface area contributed by atoms with Crippen molar-refractivity contribution in [3.63, 3.8) is 0 Å². The molecule has 0 spiro atoms. The van der Waals surface area contributed by atoms with Crippen LogP contribution in [0, 0.1) is 6.92 Å². The Morgan fingerprint density at radius 3 is 2.71 bits per heavy atom. The number of nitrogens with zero attached hydrogens (tertiary/aromatic N) is 3. The number of hydrogen-bond acceptors (Lipinski definition) is 4. The standard InChI is InChI=1S/C13H22N4/c1-4-8-14-12-9-13(16-10(3)15-12)17(5-2)11-6-7-11/h9,11H,4-8H2,1-3H3,(H,14,15,16). The average Bonchev–Trinajstić information content (AvgIpc) is 3.11. The molecule has 0 atom stereocenters. The third-order valence-electron chi connectivity index (χ3n) is 3.00. The van der Waals surface area contributed by atoms with Crippen LogP contribution in [-0.2, 0) is 0 Å². The normalized spacial score (nSPS) is 14.8. The number of nitrogens with one attached hydrogen (secondary N) is 1. The molecule has 1 aliphatic carbocycles. The quantitative estimate of drug-likeness (QED) is 0.821. The van der Waals surface area contributed by atoms with Crippen LogP contribution in [0.1, 0.15) is 38.9 Å². The molecule has 1 fully saturated rings. The summed E-state index contributed by atoms with van der Waals surface area (Å²) in [5, 5.41) is 3.34. The molecule has 17 heavy (non-hydrogen) atoms. The van der Waals surface area contributed by atoms with Crippen LogP contribution in [0.5, 0.6) is 0 Å². The van der Waals surface area contributed by atoms with Crippen LogP contribution in [0.25, 0.3) is 0 Å². The lowest BCUT2D eigenvalue weighted by molar-refractivity contribution is 0.799. The Bertz CT molecular complexity index is 374. The predicted molar refractivity (Wildman–Crippen MR) is 71.6 cm³/mol. The van der Waals surface area contributed by atoms with Gasteiger partial charge in [0.15, 0.2) is 0 Å². The second kappa shape index (κ2) is 5.34. The molecule has 1 N–H and O–H groups in total. The van der Waals surface area contributed by atoms with Crippen molar-refractivity contribution in [3.8, 4) is 0 Å². The summed E-state index contributed by atoms with van der Waals surface area (Å²) >= 11 is 0. The lowest BCUT2D eigenvalue weighted by Crippen LogP contribution is -2.26. The Labute approximate surface area is 103 Å². The van der Waals surface area contributed by atoms with Crippen molar-refractivity contribution < 1.29 is 0 Å². The van der Waals surface area contributed by atoms with E-state index in [1.54, 1.807) is 0 Å². The zero-order valence-corrected chi connectivity index (χ0v) is 11.0. The maximum Gasteiger partial charge on any atom is 0.134 e. The van der Waals surface area contributed by atoms with E-state index >= 15 is 0 Å². The van der Waals surface area contributed by atoms with Gasteiger partial charge in [0, 0.05) is 25.2 Å². The first kappa shape index (κ1) is 12.1. The van der Waals surface area contributed by atoms with E-state index in [1.165, 1.54) is 12.8 Å². The van der Waals surface area contributed by atoms with Crippen molar-refractivity contribution in [2.75, 3.05) is 23.3 Å². The number of hydrogen-bond donors (Lipinski definition) is 1. The lowest BCUT2D eigenvalue weighted by Gasteiger charge is -2.22. The minimum absolute atomic E-state index is 0.702. The van der Waals surface area contributed by atoms with Crippen molar-refractivity contribution in [1.29, 1.82) is 0 Å². The topological polar surface area (TPSA) is 41.0 Å². The van der Waals surface area contributed by atoms with Gasteiger partial charge in [-0.1, -0.05) is 6.92 Å². The highest BCUT2D eigenvalue weighted by atomic mass is 15.2. The van der Waals surface area contributed by atoms with Gasteiger partial charge in [-0.2, -0.15) is 0 Å². The van der Waals surface area contributed by atoms with Crippen molar-refractivity contribution in [3.05, 3.63) is 11.9 Å². The second-order valence-electron chi connectivity index (χ2n) is 4.60. The number of rotatable bonds is 6. The molecule has 1 aromatic heterocycles. The van der Waals surface area contributed by atoms with Crippen LogP contribution in [0.2, 0.25) is 0 Å². The van der Waals surface area contributed by atoms with E-state index in [0.29, 0.717) is 6.04 Å². The van der Waals surface area contributed by atoms with Gasteiger partial charge in [-0.25, -0.2) is 9.97 Å². The third kappa shape index (κ3) is 3.08. The first-order chi connectivity index (χ1) is 8.24. The monoisotopic (exact) mass is 234 g/mol. The molecule has 94 valence electrons. The SMILES string of the molecule is CCCNc1cc(N(CC)C2CC2)nc(C)n1.